The predicted octanol–water partition coefficient (Wildman–Crippen LogP) is 3.53. The number of para-hydroxylation sites is 1. The Morgan fingerprint density at radius 1 is 1.17 bits per heavy atom. The van der Waals surface area contributed by atoms with Crippen LogP contribution in [0.3, 0.4) is 0 Å². The average Bonchev–Trinajstić information content (AvgIpc) is 2.54. The molecule has 8 heteroatoms. The number of ether oxygens (including phenoxy) is 1. The first kappa shape index (κ1) is 17.7. The third-order valence-corrected chi connectivity index (χ3v) is 4.86. The van der Waals surface area contributed by atoms with Gasteiger partial charge in [0, 0.05) is 12.1 Å². The van der Waals surface area contributed by atoms with Gasteiger partial charge in [-0.3, -0.25) is 14.8 Å². The van der Waals surface area contributed by atoms with E-state index in [1.807, 2.05) is 26.0 Å². The molecule has 0 fully saturated rings. The second-order valence-electron chi connectivity index (χ2n) is 5.44. The van der Waals surface area contributed by atoms with E-state index in [0.717, 1.165) is 11.6 Å². The lowest BCUT2D eigenvalue weighted by Crippen LogP contribution is -2.15. The number of hydrogen-bond donors (Lipinski definition) is 1. The van der Waals surface area contributed by atoms with E-state index >= 15 is 0 Å². The molecule has 0 radical (unpaired) electrons. The molecule has 0 amide bonds. The molecule has 0 saturated heterocycles. The highest BCUT2D eigenvalue weighted by Gasteiger charge is 2.24. The summed E-state index contributed by atoms with van der Waals surface area (Å²) in [6, 6.07) is 10.5. The zero-order valence-corrected chi connectivity index (χ0v) is 14.3. The molecule has 0 heterocycles. The van der Waals surface area contributed by atoms with E-state index in [1.165, 1.54) is 19.2 Å². The van der Waals surface area contributed by atoms with Crippen LogP contribution in [0.25, 0.3) is 0 Å². The SMILES string of the molecule is COc1ccc([N+](=O)[O-])cc1S(=O)(=O)Nc1ccccc1C(C)C. The summed E-state index contributed by atoms with van der Waals surface area (Å²) in [5.74, 6) is 0.144. The maximum absolute atomic E-state index is 12.7. The summed E-state index contributed by atoms with van der Waals surface area (Å²) in [7, 11) is -2.74. The summed E-state index contributed by atoms with van der Waals surface area (Å²) in [6.07, 6.45) is 0. The normalized spacial score (nSPS) is 11.3. The number of methoxy groups -OCH3 is 1. The number of nitro benzene ring substituents is 1. The molecule has 7 nitrogen and oxygen atoms in total. The topological polar surface area (TPSA) is 98.5 Å². The van der Waals surface area contributed by atoms with E-state index in [2.05, 4.69) is 4.72 Å². The molecular formula is C16H18N2O5S. The zero-order valence-electron chi connectivity index (χ0n) is 13.5. The highest BCUT2D eigenvalue weighted by atomic mass is 32.2. The smallest absolute Gasteiger partial charge is 0.271 e. The van der Waals surface area contributed by atoms with E-state index in [0.29, 0.717) is 5.69 Å². The van der Waals surface area contributed by atoms with Crippen LogP contribution in [0.2, 0.25) is 0 Å². The van der Waals surface area contributed by atoms with Crippen LogP contribution < -0.4 is 9.46 Å². The van der Waals surface area contributed by atoms with Gasteiger partial charge in [0.05, 0.1) is 17.7 Å². The molecule has 128 valence electrons. The fourth-order valence-electron chi connectivity index (χ4n) is 2.28. The molecule has 0 atom stereocenters. The van der Waals surface area contributed by atoms with Crippen LogP contribution in [-0.4, -0.2) is 20.5 Å². The van der Waals surface area contributed by atoms with E-state index in [1.54, 1.807) is 12.1 Å². The summed E-state index contributed by atoms with van der Waals surface area (Å²) in [6.45, 7) is 3.89. The van der Waals surface area contributed by atoms with Crippen molar-refractivity contribution in [3.05, 3.63) is 58.1 Å². The lowest BCUT2D eigenvalue weighted by molar-refractivity contribution is -0.385. The van der Waals surface area contributed by atoms with Crippen molar-refractivity contribution >= 4 is 21.4 Å². The number of non-ortho nitro benzene ring substituents is 1. The highest BCUT2D eigenvalue weighted by Crippen LogP contribution is 2.31. The molecule has 24 heavy (non-hydrogen) atoms. The van der Waals surface area contributed by atoms with E-state index in [-0.39, 0.29) is 22.3 Å². The zero-order chi connectivity index (χ0) is 17.9. The van der Waals surface area contributed by atoms with Crippen LogP contribution in [0.4, 0.5) is 11.4 Å². The highest BCUT2D eigenvalue weighted by molar-refractivity contribution is 7.92. The van der Waals surface area contributed by atoms with Gasteiger partial charge in [-0.05, 0) is 23.6 Å². The van der Waals surface area contributed by atoms with Crippen LogP contribution in [0.5, 0.6) is 5.75 Å². The number of nitrogens with zero attached hydrogens (tertiary/aromatic N) is 1. The van der Waals surface area contributed by atoms with Gasteiger partial charge >= 0.3 is 0 Å². The van der Waals surface area contributed by atoms with E-state index < -0.39 is 14.9 Å². The maximum atomic E-state index is 12.7. The van der Waals surface area contributed by atoms with Crippen LogP contribution in [0, 0.1) is 10.1 Å². The van der Waals surface area contributed by atoms with Gasteiger partial charge in [-0.15, -0.1) is 0 Å². The predicted molar refractivity (Wildman–Crippen MR) is 91.0 cm³/mol. The Kier molecular flexibility index (Phi) is 5.08. The fourth-order valence-corrected chi connectivity index (χ4v) is 3.56. The first-order valence-electron chi connectivity index (χ1n) is 7.20. The van der Waals surface area contributed by atoms with Crippen molar-refractivity contribution < 1.29 is 18.1 Å². The second kappa shape index (κ2) is 6.88. The quantitative estimate of drug-likeness (QED) is 0.635. The van der Waals surface area contributed by atoms with Gasteiger partial charge in [-0.1, -0.05) is 32.0 Å². The number of sulfonamides is 1. The minimum atomic E-state index is -4.05. The molecule has 2 rings (SSSR count). The Balaban J connectivity index is 2.52. The van der Waals surface area contributed by atoms with Crippen molar-refractivity contribution in [1.82, 2.24) is 0 Å². The van der Waals surface area contributed by atoms with Gasteiger partial charge in [-0.25, -0.2) is 8.42 Å². The molecule has 0 aliphatic carbocycles. The summed E-state index contributed by atoms with van der Waals surface area (Å²) in [5.41, 5.74) is 0.930. The Hall–Kier alpha value is -2.61. The third-order valence-electron chi connectivity index (χ3n) is 3.47. The maximum Gasteiger partial charge on any atom is 0.271 e. The second-order valence-corrected chi connectivity index (χ2v) is 7.09. The molecule has 0 aliphatic rings. The number of anilines is 1. The van der Waals surface area contributed by atoms with Crippen molar-refractivity contribution in [3.63, 3.8) is 0 Å². The van der Waals surface area contributed by atoms with E-state index in [4.69, 9.17) is 4.74 Å². The van der Waals surface area contributed by atoms with Crippen LogP contribution in [0.15, 0.2) is 47.4 Å². The molecule has 0 aliphatic heterocycles. The van der Waals surface area contributed by atoms with E-state index in [9.17, 15) is 18.5 Å². The molecule has 2 aromatic rings. The van der Waals surface area contributed by atoms with Gasteiger partial charge in [0.1, 0.15) is 10.6 Å². The lowest BCUT2D eigenvalue weighted by Gasteiger charge is -2.16. The number of rotatable bonds is 6. The summed E-state index contributed by atoms with van der Waals surface area (Å²) in [5, 5.41) is 10.9. The van der Waals surface area contributed by atoms with Crippen molar-refractivity contribution in [2.24, 2.45) is 0 Å². The van der Waals surface area contributed by atoms with Crippen molar-refractivity contribution in [2.45, 2.75) is 24.7 Å². The molecule has 0 saturated carbocycles. The Morgan fingerprint density at radius 2 is 1.83 bits per heavy atom. The standard InChI is InChI=1S/C16H18N2O5S/c1-11(2)13-6-4-5-7-14(13)17-24(21,22)16-10-12(18(19)20)8-9-15(16)23-3/h4-11,17H,1-3H3. The Morgan fingerprint density at radius 3 is 2.42 bits per heavy atom. The number of benzene rings is 2. The lowest BCUT2D eigenvalue weighted by atomic mass is 10.0. The average molecular weight is 350 g/mol. The third kappa shape index (κ3) is 3.65. The first-order valence-corrected chi connectivity index (χ1v) is 8.68. The van der Waals surface area contributed by atoms with Crippen molar-refractivity contribution in [2.75, 3.05) is 11.8 Å². The Labute approximate surface area is 140 Å². The minimum Gasteiger partial charge on any atom is -0.495 e. The molecule has 0 aromatic heterocycles. The molecular weight excluding hydrogens is 332 g/mol. The van der Waals surface area contributed by atoms with Gasteiger partial charge in [-0.2, -0.15) is 0 Å². The van der Waals surface area contributed by atoms with Gasteiger partial charge in [0.25, 0.3) is 15.7 Å². The number of nitro groups is 1. The summed E-state index contributed by atoms with van der Waals surface area (Å²) in [4.78, 5) is 10.00. The van der Waals surface area contributed by atoms with Crippen molar-refractivity contribution in [3.8, 4) is 5.75 Å². The largest absolute Gasteiger partial charge is 0.495 e. The molecule has 0 bridgehead atoms. The monoisotopic (exact) mass is 350 g/mol. The van der Waals surface area contributed by atoms with Crippen LogP contribution in [-0.2, 0) is 10.0 Å². The minimum absolute atomic E-state index is 0.0372. The van der Waals surface area contributed by atoms with Crippen molar-refractivity contribution in [1.29, 1.82) is 0 Å². The van der Waals surface area contributed by atoms with Crippen LogP contribution in [0.1, 0.15) is 25.3 Å². The summed E-state index contributed by atoms with van der Waals surface area (Å²) >= 11 is 0. The first-order chi connectivity index (χ1) is 11.3. The van der Waals surface area contributed by atoms with Gasteiger partial charge in [0.2, 0.25) is 0 Å². The van der Waals surface area contributed by atoms with Gasteiger partial charge < -0.3 is 4.74 Å². The molecule has 1 N–H and O–H groups in total. The number of nitrogens with one attached hydrogen (secondary N) is 1. The molecule has 2 aromatic carbocycles. The fraction of sp³-hybridized carbons (Fsp3) is 0.250. The molecule has 0 spiro atoms. The van der Waals surface area contributed by atoms with Crippen LogP contribution >= 0.6 is 0 Å². The summed E-state index contributed by atoms with van der Waals surface area (Å²) < 4.78 is 33.0. The number of hydrogen-bond acceptors (Lipinski definition) is 5. The Bertz CT molecular complexity index is 863. The molecule has 0 unspecified atom stereocenters. The van der Waals surface area contributed by atoms with Gasteiger partial charge in [0.15, 0.2) is 0 Å².